The predicted octanol–water partition coefficient (Wildman–Crippen LogP) is 2.45. The van der Waals surface area contributed by atoms with E-state index in [0.717, 1.165) is 30.5 Å². The summed E-state index contributed by atoms with van der Waals surface area (Å²) in [5.41, 5.74) is 0. The zero-order chi connectivity index (χ0) is 12.0. The molecule has 4 heteroatoms. The number of nitrogens with zero attached hydrogens (tertiary/aromatic N) is 3. The largest absolute Gasteiger partial charge is 0.373 e. The maximum Gasteiger partial charge on any atom is 0.134 e. The lowest BCUT2D eigenvalue weighted by Crippen LogP contribution is -2.25. The van der Waals surface area contributed by atoms with Crippen molar-refractivity contribution in [1.82, 2.24) is 9.97 Å². The molecule has 0 fully saturated rings. The highest BCUT2D eigenvalue weighted by atomic mass is 15.2. The number of hydrogen-bond donors (Lipinski definition) is 1. The van der Waals surface area contributed by atoms with Crippen LogP contribution in [0.5, 0.6) is 0 Å². The smallest absolute Gasteiger partial charge is 0.134 e. The third kappa shape index (κ3) is 3.36. The SMILES string of the molecule is CCCCN(CC)c1cc(NC)nc(C)n1. The van der Waals surface area contributed by atoms with Crippen molar-refractivity contribution >= 4 is 11.6 Å². The number of rotatable bonds is 6. The molecule has 0 aliphatic carbocycles. The van der Waals surface area contributed by atoms with E-state index >= 15 is 0 Å². The van der Waals surface area contributed by atoms with Gasteiger partial charge in [-0.05, 0) is 20.3 Å². The number of aromatic nitrogens is 2. The molecule has 0 amide bonds. The van der Waals surface area contributed by atoms with Gasteiger partial charge in [-0.3, -0.25) is 0 Å². The highest BCUT2D eigenvalue weighted by Crippen LogP contribution is 2.15. The van der Waals surface area contributed by atoms with Gasteiger partial charge in [-0.25, -0.2) is 9.97 Å². The average Bonchev–Trinajstić information content (AvgIpc) is 2.29. The number of hydrogen-bond acceptors (Lipinski definition) is 4. The van der Waals surface area contributed by atoms with Gasteiger partial charge >= 0.3 is 0 Å². The Morgan fingerprint density at radius 3 is 2.62 bits per heavy atom. The summed E-state index contributed by atoms with van der Waals surface area (Å²) in [6.45, 7) is 8.34. The van der Waals surface area contributed by atoms with Crippen LogP contribution in [0.3, 0.4) is 0 Å². The molecule has 0 unspecified atom stereocenters. The quantitative estimate of drug-likeness (QED) is 0.802. The molecule has 0 saturated heterocycles. The van der Waals surface area contributed by atoms with E-state index in [1.54, 1.807) is 0 Å². The van der Waals surface area contributed by atoms with Crippen molar-refractivity contribution in [2.24, 2.45) is 0 Å². The van der Waals surface area contributed by atoms with Crippen molar-refractivity contribution in [3.05, 3.63) is 11.9 Å². The number of anilines is 2. The lowest BCUT2D eigenvalue weighted by molar-refractivity contribution is 0.721. The van der Waals surface area contributed by atoms with Gasteiger partial charge < -0.3 is 10.2 Å². The molecule has 0 spiro atoms. The Morgan fingerprint density at radius 2 is 2.06 bits per heavy atom. The Balaban J connectivity index is 2.86. The van der Waals surface area contributed by atoms with Crippen molar-refractivity contribution in [2.45, 2.75) is 33.6 Å². The Hall–Kier alpha value is -1.32. The molecule has 0 aliphatic rings. The third-order valence-corrected chi connectivity index (χ3v) is 2.57. The van der Waals surface area contributed by atoms with Crippen LogP contribution in [0.1, 0.15) is 32.5 Å². The van der Waals surface area contributed by atoms with Gasteiger partial charge in [-0.1, -0.05) is 13.3 Å². The molecular formula is C12H22N4. The van der Waals surface area contributed by atoms with Crippen molar-refractivity contribution in [2.75, 3.05) is 30.4 Å². The van der Waals surface area contributed by atoms with Crippen LogP contribution in [-0.2, 0) is 0 Å². The third-order valence-electron chi connectivity index (χ3n) is 2.57. The molecule has 0 bridgehead atoms. The first kappa shape index (κ1) is 12.7. The van der Waals surface area contributed by atoms with Crippen LogP contribution >= 0.6 is 0 Å². The molecule has 0 atom stereocenters. The van der Waals surface area contributed by atoms with Crippen LogP contribution < -0.4 is 10.2 Å². The molecule has 0 saturated carbocycles. The van der Waals surface area contributed by atoms with E-state index in [9.17, 15) is 0 Å². The fourth-order valence-corrected chi connectivity index (χ4v) is 1.63. The monoisotopic (exact) mass is 222 g/mol. The Bertz CT molecular complexity index is 325. The van der Waals surface area contributed by atoms with E-state index in [2.05, 4.69) is 34.0 Å². The van der Waals surface area contributed by atoms with Gasteiger partial charge in [0.1, 0.15) is 17.5 Å². The number of nitrogens with one attached hydrogen (secondary N) is 1. The summed E-state index contributed by atoms with van der Waals surface area (Å²) in [6.07, 6.45) is 2.41. The lowest BCUT2D eigenvalue weighted by atomic mass is 10.3. The van der Waals surface area contributed by atoms with Gasteiger partial charge in [-0.2, -0.15) is 0 Å². The van der Waals surface area contributed by atoms with Crippen LogP contribution in [0.4, 0.5) is 11.6 Å². The molecule has 1 N–H and O–H groups in total. The van der Waals surface area contributed by atoms with Crippen LogP contribution in [0, 0.1) is 6.92 Å². The topological polar surface area (TPSA) is 41.0 Å². The Kier molecular flexibility index (Phi) is 5.02. The fourth-order valence-electron chi connectivity index (χ4n) is 1.63. The molecule has 4 nitrogen and oxygen atoms in total. The van der Waals surface area contributed by atoms with E-state index < -0.39 is 0 Å². The number of unbranched alkanes of at least 4 members (excludes halogenated alkanes) is 1. The van der Waals surface area contributed by atoms with E-state index in [4.69, 9.17) is 0 Å². The highest BCUT2D eigenvalue weighted by molar-refractivity contribution is 5.48. The van der Waals surface area contributed by atoms with Crippen molar-refractivity contribution in [3.63, 3.8) is 0 Å². The summed E-state index contributed by atoms with van der Waals surface area (Å²) in [6, 6.07) is 2.01. The van der Waals surface area contributed by atoms with E-state index in [1.807, 2.05) is 20.0 Å². The maximum absolute atomic E-state index is 4.48. The van der Waals surface area contributed by atoms with Crippen molar-refractivity contribution in [1.29, 1.82) is 0 Å². The molecule has 1 aromatic rings. The predicted molar refractivity (Wildman–Crippen MR) is 69.1 cm³/mol. The zero-order valence-corrected chi connectivity index (χ0v) is 10.7. The van der Waals surface area contributed by atoms with Crippen LogP contribution in [0.25, 0.3) is 0 Å². The summed E-state index contributed by atoms with van der Waals surface area (Å²) in [5.74, 6) is 2.72. The van der Waals surface area contributed by atoms with Gasteiger partial charge in [-0.15, -0.1) is 0 Å². The summed E-state index contributed by atoms with van der Waals surface area (Å²) >= 11 is 0. The summed E-state index contributed by atoms with van der Waals surface area (Å²) in [4.78, 5) is 11.1. The van der Waals surface area contributed by atoms with Gasteiger partial charge in [0.05, 0.1) is 0 Å². The van der Waals surface area contributed by atoms with Gasteiger partial charge in [0.25, 0.3) is 0 Å². The van der Waals surface area contributed by atoms with Crippen molar-refractivity contribution < 1.29 is 0 Å². The molecule has 1 rings (SSSR count). The average molecular weight is 222 g/mol. The molecule has 0 aromatic carbocycles. The fraction of sp³-hybridized carbons (Fsp3) is 0.667. The molecule has 90 valence electrons. The van der Waals surface area contributed by atoms with Crippen LogP contribution in [0.2, 0.25) is 0 Å². The minimum Gasteiger partial charge on any atom is -0.373 e. The first-order valence-corrected chi connectivity index (χ1v) is 5.99. The summed E-state index contributed by atoms with van der Waals surface area (Å²) in [5, 5.41) is 3.07. The highest BCUT2D eigenvalue weighted by Gasteiger charge is 2.07. The molecule has 16 heavy (non-hydrogen) atoms. The number of aryl methyl sites for hydroxylation is 1. The van der Waals surface area contributed by atoms with Crippen LogP contribution in [0.15, 0.2) is 6.07 Å². The minimum atomic E-state index is 0.816. The van der Waals surface area contributed by atoms with Gasteiger partial charge in [0.2, 0.25) is 0 Å². The summed E-state index contributed by atoms with van der Waals surface area (Å²) in [7, 11) is 1.88. The summed E-state index contributed by atoms with van der Waals surface area (Å²) < 4.78 is 0. The Morgan fingerprint density at radius 1 is 1.31 bits per heavy atom. The molecule has 1 aromatic heterocycles. The molecule has 0 radical (unpaired) electrons. The van der Waals surface area contributed by atoms with Gasteiger partial charge in [0.15, 0.2) is 0 Å². The second-order valence-electron chi connectivity index (χ2n) is 3.84. The van der Waals surface area contributed by atoms with E-state index in [1.165, 1.54) is 12.8 Å². The van der Waals surface area contributed by atoms with E-state index in [-0.39, 0.29) is 0 Å². The molecule has 1 heterocycles. The van der Waals surface area contributed by atoms with Crippen molar-refractivity contribution in [3.8, 4) is 0 Å². The Labute approximate surface area is 98.1 Å². The van der Waals surface area contributed by atoms with Gasteiger partial charge in [0, 0.05) is 26.2 Å². The van der Waals surface area contributed by atoms with Crippen LogP contribution in [-0.4, -0.2) is 30.1 Å². The molecule has 0 aliphatic heterocycles. The lowest BCUT2D eigenvalue weighted by Gasteiger charge is -2.22. The normalized spacial score (nSPS) is 10.2. The van der Waals surface area contributed by atoms with E-state index in [0.29, 0.717) is 0 Å². The first-order valence-electron chi connectivity index (χ1n) is 5.99. The minimum absolute atomic E-state index is 0.816. The zero-order valence-electron chi connectivity index (χ0n) is 10.7. The standard InChI is InChI=1S/C12H22N4/c1-5-7-8-16(6-2)12-9-11(13-4)14-10(3)15-12/h9H,5-8H2,1-4H3,(H,13,14,15). The second-order valence-corrected chi connectivity index (χ2v) is 3.84. The first-order chi connectivity index (χ1) is 7.71. The molecular weight excluding hydrogens is 200 g/mol. The maximum atomic E-state index is 4.48. The second kappa shape index (κ2) is 6.30.